The Morgan fingerprint density at radius 1 is 1.00 bits per heavy atom. The number of anilines is 3. The average molecular weight is 439 g/mol. The third-order valence-electron chi connectivity index (χ3n) is 5.45. The van der Waals surface area contributed by atoms with Gasteiger partial charge in [0, 0.05) is 24.3 Å². The van der Waals surface area contributed by atoms with E-state index in [1.807, 2.05) is 48.5 Å². The van der Waals surface area contributed by atoms with Gasteiger partial charge in [-0.1, -0.05) is 18.2 Å². The van der Waals surface area contributed by atoms with Gasteiger partial charge in [0.1, 0.15) is 24.1 Å². The lowest BCUT2D eigenvalue weighted by molar-refractivity contribution is -0.120. The Morgan fingerprint density at radius 3 is 2.64 bits per heavy atom. The Balaban J connectivity index is 1.32. The second-order valence-electron chi connectivity index (χ2n) is 7.64. The first kappa shape index (κ1) is 20.4. The molecule has 2 N–H and O–H groups in total. The first-order valence-corrected chi connectivity index (χ1v) is 10.5. The minimum absolute atomic E-state index is 0.0152. The number of hydrogen-bond donors (Lipinski definition) is 2. The zero-order valence-corrected chi connectivity index (χ0v) is 17.9. The Labute approximate surface area is 190 Å². The van der Waals surface area contributed by atoms with E-state index in [1.165, 1.54) is 4.90 Å². The first-order chi connectivity index (χ1) is 16.1. The minimum atomic E-state index is -0.856. The number of carbonyl (C=O) groups is 2. The van der Waals surface area contributed by atoms with E-state index < -0.39 is 11.9 Å². The van der Waals surface area contributed by atoms with E-state index in [1.54, 1.807) is 37.6 Å². The van der Waals surface area contributed by atoms with Crippen LogP contribution in [0.3, 0.4) is 0 Å². The van der Waals surface area contributed by atoms with Gasteiger partial charge in [0.15, 0.2) is 0 Å². The van der Waals surface area contributed by atoms with Crippen molar-refractivity contribution in [3.8, 4) is 5.75 Å². The Bertz CT molecular complexity index is 1330. The summed E-state index contributed by atoms with van der Waals surface area (Å²) < 4.78 is 5.90. The molecule has 1 atom stereocenters. The summed E-state index contributed by atoms with van der Waals surface area (Å²) in [6, 6.07) is 19.5. The number of benzene rings is 2. The summed E-state index contributed by atoms with van der Waals surface area (Å²) in [5, 5.41) is 6.78. The van der Waals surface area contributed by atoms with Crippen molar-refractivity contribution in [2.75, 3.05) is 23.9 Å². The molecule has 0 aliphatic carbocycles. The highest BCUT2D eigenvalue weighted by Gasteiger charge is 2.32. The maximum absolute atomic E-state index is 13.2. The number of nitrogens with one attached hydrogen (secondary N) is 2. The molecule has 2 aromatic carbocycles. The van der Waals surface area contributed by atoms with Gasteiger partial charge in [-0.3, -0.25) is 14.6 Å². The second kappa shape index (κ2) is 8.58. The van der Waals surface area contributed by atoms with E-state index in [0.717, 1.165) is 22.3 Å². The van der Waals surface area contributed by atoms with E-state index in [9.17, 15) is 9.59 Å². The van der Waals surface area contributed by atoms with E-state index >= 15 is 0 Å². The maximum atomic E-state index is 13.2. The maximum Gasteiger partial charge on any atom is 0.270 e. The number of ether oxygens (including phenoxy) is 1. The third kappa shape index (κ3) is 4.06. The summed E-state index contributed by atoms with van der Waals surface area (Å²) in [7, 11) is 1.67. The summed E-state index contributed by atoms with van der Waals surface area (Å²) in [5.41, 5.74) is 3.28. The number of hydrogen-bond acceptors (Lipinski definition) is 6. The smallest absolute Gasteiger partial charge is 0.270 e. The fourth-order valence-corrected chi connectivity index (χ4v) is 3.79. The van der Waals surface area contributed by atoms with Crippen molar-refractivity contribution in [1.29, 1.82) is 0 Å². The normalized spacial score (nSPS) is 15.4. The monoisotopic (exact) mass is 439 g/mol. The van der Waals surface area contributed by atoms with E-state index in [2.05, 4.69) is 20.6 Å². The number of rotatable bonds is 4. The highest BCUT2D eigenvalue weighted by Crippen LogP contribution is 2.37. The van der Waals surface area contributed by atoms with Crippen LogP contribution in [0.15, 0.2) is 79.1 Å². The molecule has 33 heavy (non-hydrogen) atoms. The number of fused-ring (bicyclic) bond motifs is 3. The molecule has 0 radical (unpaired) electrons. The number of carbonyl (C=O) groups excluding carboxylic acids is 2. The van der Waals surface area contributed by atoms with Crippen LogP contribution in [0.2, 0.25) is 0 Å². The summed E-state index contributed by atoms with van der Waals surface area (Å²) in [6.07, 6.45) is 3.28. The minimum Gasteiger partial charge on any atom is -0.489 e. The lowest BCUT2D eigenvalue weighted by Crippen LogP contribution is -2.49. The molecule has 2 aromatic heterocycles. The molecule has 2 amide bonds. The Hall–Kier alpha value is -4.46. The SMILES string of the molecule is CN1C(=O)[C@@H](NC(=O)c2ccc(Nc3ccccc3)cn2)COc2ccc3ncccc3c21. The zero-order chi connectivity index (χ0) is 22.8. The van der Waals surface area contributed by atoms with Crippen molar-refractivity contribution in [2.24, 2.45) is 0 Å². The van der Waals surface area contributed by atoms with Crippen molar-refractivity contribution >= 4 is 39.8 Å². The van der Waals surface area contributed by atoms with Crippen LogP contribution in [0.4, 0.5) is 17.1 Å². The number of pyridine rings is 2. The predicted molar refractivity (Wildman–Crippen MR) is 126 cm³/mol. The van der Waals surface area contributed by atoms with Crippen LogP contribution in [0.1, 0.15) is 10.5 Å². The molecule has 8 heteroatoms. The van der Waals surface area contributed by atoms with Crippen LogP contribution in [-0.4, -0.2) is 41.5 Å². The molecule has 0 saturated heterocycles. The van der Waals surface area contributed by atoms with E-state index in [0.29, 0.717) is 11.4 Å². The van der Waals surface area contributed by atoms with Gasteiger partial charge in [-0.05, 0) is 48.5 Å². The van der Waals surface area contributed by atoms with Crippen LogP contribution in [-0.2, 0) is 4.79 Å². The van der Waals surface area contributed by atoms with Gasteiger partial charge in [-0.2, -0.15) is 0 Å². The second-order valence-corrected chi connectivity index (χ2v) is 7.64. The molecule has 0 bridgehead atoms. The van der Waals surface area contributed by atoms with Gasteiger partial charge in [0.25, 0.3) is 11.8 Å². The topological polar surface area (TPSA) is 96.5 Å². The van der Waals surface area contributed by atoms with Gasteiger partial charge in [-0.15, -0.1) is 0 Å². The highest BCUT2D eigenvalue weighted by atomic mass is 16.5. The van der Waals surface area contributed by atoms with Crippen LogP contribution < -0.4 is 20.3 Å². The number of likely N-dealkylation sites (N-methyl/N-ethyl adjacent to an activating group) is 1. The van der Waals surface area contributed by atoms with Gasteiger partial charge in [0.05, 0.1) is 23.1 Å². The number of nitrogens with zero attached hydrogens (tertiary/aromatic N) is 3. The molecule has 164 valence electrons. The molecule has 8 nitrogen and oxygen atoms in total. The largest absolute Gasteiger partial charge is 0.489 e. The van der Waals surface area contributed by atoms with Gasteiger partial charge in [-0.25, -0.2) is 4.98 Å². The van der Waals surface area contributed by atoms with Crippen LogP contribution in [0.25, 0.3) is 10.9 Å². The molecule has 0 saturated carbocycles. The van der Waals surface area contributed by atoms with Gasteiger partial charge in [0.2, 0.25) is 0 Å². The quantitative estimate of drug-likeness (QED) is 0.505. The molecule has 0 fully saturated rings. The first-order valence-electron chi connectivity index (χ1n) is 10.5. The fourth-order valence-electron chi connectivity index (χ4n) is 3.79. The molecule has 3 heterocycles. The zero-order valence-electron chi connectivity index (χ0n) is 17.9. The predicted octanol–water partition coefficient (Wildman–Crippen LogP) is 3.53. The highest BCUT2D eigenvalue weighted by molar-refractivity contribution is 6.08. The fraction of sp³-hybridized carbons (Fsp3) is 0.120. The number of para-hydroxylation sites is 1. The molecule has 5 rings (SSSR count). The van der Waals surface area contributed by atoms with Crippen LogP contribution in [0.5, 0.6) is 5.75 Å². The van der Waals surface area contributed by atoms with E-state index in [4.69, 9.17) is 4.74 Å². The molecule has 1 aliphatic heterocycles. The third-order valence-corrected chi connectivity index (χ3v) is 5.45. The van der Waals surface area contributed by atoms with Crippen molar-refractivity contribution in [3.05, 3.63) is 84.8 Å². The summed E-state index contributed by atoms with van der Waals surface area (Å²) in [5.74, 6) is -0.160. The average Bonchev–Trinajstić information content (AvgIpc) is 2.97. The summed E-state index contributed by atoms with van der Waals surface area (Å²) >= 11 is 0. The standard InChI is InChI=1S/C25H21N5O3/c1-30-23-18-8-5-13-26-19(18)11-12-22(23)33-15-21(25(30)32)29-24(31)20-10-9-17(14-27-20)28-16-6-3-2-4-7-16/h2-14,21,28H,15H2,1H3,(H,29,31)/t21-/m0/s1. The Morgan fingerprint density at radius 2 is 1.85 bits per heavy atom. The van der Waals surface area contributed by atoms with E-state index in [-0.39, 0.29) is 18.2 Å². The molecular weight excluding hydrogens is 418 g/mol. The van der Waals surface area contributed by atoms with Crippen molar-refractivity contribution < 1.29 is 14.3 Å². The molecule has 0 unspecified atom stereocenters. The lowest BCUT2D eigenvalue weighted by Gasteiger charge is -2.21. The molecule has 0 spiro atoms. The lowest BCUT2D eigenvalue weighted by atomic mass is 10.1. The van der Waals surface area contributed by atoms with Crippen molar-refractivity contribution in [2.45, 2.75) is 6.04 Å². The van der Waals surface area contributed by atoms with Crippen LogP contribution >= 0.6 is 0 Å². The Kier molecular flexibility index (Phi) is 5.32. The summed E-state index contributed by atoms with van der Waals surface area (Å²) in [4.78, 5) is 36.1. The van der Waals surface area contributed by atoms with Crippen LogP contribution in [0, 0.1) is 0 Å². The van der Waals surface area contributed by atoms with Crippen molar-refractivity contribution in [1.82, 2.24) is 15.3 Å². The molecule has 1 aliphatic rings. The molecule has 4 aromatic rings. The summed E-state index contributed by atoms with van der Waals surface area (Å²) in [6.45, 7) is 0.0152. The number of amides is 2. The number of aromatic nitrogens is 2. The van der Waals surface area contributed by atoms with Gasteiger partial charge >= 0.3 is 0 Å². The molecular formula is C25H21N5O3. The van der Waals surface area contributed by atoms with Crippen molar-refractivity contribution in [3.63, 3.8) is 0 Å². The van der Waals surface area contributed by atoms with Gasteiger partial charge < -0.3 is 20.3 Å².